The lowest BCUT2D eigenvalue weighted by Crippen LogP contribution is -2.42. The fourth-order valence-electron chi connectivity index (χ4n) is 4.33. The van der Waals surface area contributed by atoms with Crippen molar-refractivity contribution in [1.29, 1.82) is 0 Å². The molecule has 1 unspecified atom stereocenters. The normalized spacial score (nSPS) is 19.4. The Hall–Kier alpha value is -3.59. The van der Waals surface area contributed by atoms with Crippen LogP contribution in [0.25, 0.3) is 16.6 Å². The van der Waals surface area contributed by atoms with Crippen LogP contribution < -0.4 is 10.1 Å². The zero-order chi connectivity index (χ0) is 22.8. The maximum Gasteiger partial charge on any atom is 0.289 e. The molecule has 2 aliphatic rings. The molecule has 0 radical (unpaired) electrons. The van der Waals surface area contributed by atoms with Gasteiger partial charge in [0.05, 0.1) is 17.1 Å². The van der Waals surface area contributed by atoms with Crippen LogP contribution in [0.15, 0.2) is 42.7 Å². The first-order valence-corrected chi connectivity index (χ1v) is 11.2. The number of aromatic nitrogens is 4. The Balaban J connectivity index is 1.25. The first-order chi connectivity index (χ1) is 16.1. The maximum absolute atomic E-state index is 12.9. The maximum atomic E-state index is 12.9. The minimum absolute atomic E-state index is 0.0638. The predicted molar refractivity (Wildman–Crippen MR) is 123 cm³/mol. The van der Waals surface area contributed by atoms with E-state index in [1.165, 1.54) is 0 Å². The number of amides is 1. The van der Waals surface area contributed by atoms with Crippen LogP contribution in [0.2, 0.25) is 0 Å². The predicted octanol–water partition coefficient (Wildman–Crippen LogP) is 2.37. The van der Waals surface area contributed by atoms with E-state index in [4.69, 9.17) is 4.74 Å². The van der Waals surface area contributed by atoms with Gasteiger partial charge in [0.2, 0.25) is 5.88 Å². The summed E-state index contributed by atoms with van der Waals surface area (Å²) in [7, 11) is 0. The molecule has 170 valence electrons. The molecule has 0 aliphatic carbocycles. The van der Waals surface area contributed by atoms with E-state index >= 15 is 0 Å². The molecule has 0 saturated carbocycles. The van der Waals surface area contributed by atoms with E-state index in [-0.39, 0.29) is 23.8 Å². The van der Waals surface area contributed by atoms with Gasteiger partial charge in [-0.2, -0.15) is 0 Å². The van der Waals surface area contributed by atoms with Crippen molar-refractivity contribution in [2.45, 2.75) is 38.3 Å². The van der Waals surface area contributed by atoms with Crippen LogP contribution in [0.4, 0.5) is 0 Å². The summed E-state index contributed by atoms with van der Waals surface area (Å²) in [6.07, 6.45) is 7.25. The minimum atomic E-state index is -0.309. The second kappa shape index (κ2) is 9.11. The summed E-state index contributed by atoms with van der Waals surface area (Å²) in [5, 5.41) is 3.20. The molecule has 2 aliphatic heterocycles. The van der Waals surface area contributed by atoms with Crippen molar-refractivity contribution in [2.75, 3.05) is 19.6 Å². The smallest absolute Gasteiger partial charge is 0.289 e. The summed E-state index contributed by atoms with van der Waals surface area (Å²) in [5.74, 6) is 0.819. The van der Waals surface area contributed by atoms with Crippen molar-refractivity contribution >= 4 is 28.3 Å². The number of benzene rings is 1. The zero-order valence-electron chi connectivity index (χ0n) is 18.5. The molecule has 4 heterocycles. The van der Waals surface area contributed by atoms with E-state index in [9.17, 15) is 9.59 Å². The molecular formula is C24H26N6O3. The lowest BCUT2D eigenvalue weighted by Gasteiger charge is -2.31. The van der Waals surface area contributed by atoms with Gasteiger partial charge < -0.3 is 19.9 Å². The second-order valence-electron chi connectivity index (χ2n) is 8.41. The minimum Gasteiger partial charge on any atom is -0.473 e. The molecular weight excluding hydrogens is 420 g/mol. The first kappa shape index (κ1) is 21.3. The molecule has 5 rings (SSSR count). The lowest BCUT2D eigenvalue weighted by atomic mass is 9.99. The summed E-state index contributed by atoms with van der Waals surface area (Å²) in [4.78, 5) is 43.0. The third-order valence-corrected chi connectivity index (χ3v) is 6.13. The Morgan fingerprint density at radius 2 is 1.91 bits per heavy atom. The Labute approximate surface area is 191 Å². The number of carbonyl (C=O) groups is 2. The highest BCUT2D eigenvalue weighted by Gasteiger charge is 2.28. The highest BCUT2D eigenvalue weighted by atomic mass is 16.5. The van der Waals surface area contributed by atoms with Gasteiger partial charge in [0, 0.05) is 44.9 Å². The highest BCUT2D eigenvalue weighted by Crippen LogP contribution is 2.28. The topological polar surface area (TPSA) is 113 Å². The third kappa shape index (κ3) is 4.49. The van der Waals surface area contributed by atoms with Crippen LogP contribution in [-0.2, 0) is 4.79 Å². The van der Waals surface area contributed by atoms with Gasteiger partial charge in [-0.1, -0.05) is 18.2 Å². The van der Waals surface area contributed by atoms with Crippen LogP contribution in [0.1, 0.15) is 42.5 Å². The van der Waals surface area contributed by atoms with Crippen molar-refractivity contribution in [3.63, 3.8) is 0 Å². The standard InChI is InChI=1S/C24H26N6O3/c1-15(31)20-14-16(6-9-25-20)21-23(27-11-10-26-21)33-17-7-12-30(13-8-17)24(32)22-28-18-4-2-3-5-19(18)29-22/h2-5,10-11,14,17,20,25H,6-9,12-13H2,1H3,(H,28,29). The van der Waals surface area contributed by atoms with E-state index < -0.39 is 0 Å². The van der Waals surface area contributed by atoms with Gasteiger partial charge in [0.25, 0.3) is 5.91 Å². The summed E-state index contributed by atoms with van der Waals surface area (Å²) in [5.41, 5.74) is 3.29. The summed E-state index contributed by atoms with van der Waals surface area (Å²) in [6, 6.07) is 7.31. The number of hydrogen-bond acceptors (Lipinski definition) is 7. The number of fused-ring (bicyclic) bond motifs is 1. The van der Waals surface area contributed by atoms with Crippen LogP contribution in [0.5, 0.6) is 5.88 Å². The average Bonchev–Trinajstić information content (AvgIpc) is 3.29. The first-order valence-electron chi connectivity index (χ1n) is 11.2. The second-order valence-corrected chi connectivity index (χ2v) is 8.41. The molecule has 1 saturated heterocycles. The number of ether oxygens (including phenoxy) is 1. The molecule has 2 aromatic heterocycles. The Morgan fingerprint density at radius 1 is 1.12 bits per heavy atom. The monoisotopic (exact) mass is 446 g/mol. The molecule has 2 N–H and O–H groups in total. The molecule has 1 atom stereocenters. The van der Waals surface area contributed by atoms with Gasteiger partial charge in [0.15, 0.2) is 11.6 Å². The van der Waals surface area contributed by atoms with Crippen molar-refractivity contribution in [3.05, 3.63) is 54.3 Å². The van der Waals surface area contributed by atoms with Crippen LogP contribution >= 0.6 is 0 Å². The quantitative estimate of drug-likeness (QED) is 0.619. The van der Waals surface area contributed by atoms with Gasteiger partial charge in [-0.3, -0.25) is 9.59 Å². The SMILES string of the molecule is CC(=O)C1C=C(c2nccnc2OC2CCN(C(=O)c3nc4ccccc4[nH]3)CC2)CCN1. The molecule has 33 heavy (non-hydrogen) atoms. The average molecular weight is 447 g/mol. The van der Waals surface area contributed by atoms with Gasteiger partial charge in [-0.25, -0.2) is 15.0 Å². The van der Waals surface area contributed by atoms with Gasteiger partial charge in [0.1, 0.15) is 11.8 Å². The number of aromatic amines is 1. The van der Waals surface area contributed by atoms with Gasteiger partial charge in [-0.05, 0) is 31.1 Å². The largest absolute Gasteiger partial charge is 0.473 e. The molecule has 3 aromatic rings. The van der Waals surface area contributed by atoms with Crippen LogP contribution in [0, 0.1) is 0 Å². The van der Waals surface area contributed by atoms with Gasteiger partial charge in [-0.15, -0.1) is 0 Å². The fraction of sp³-hybridized carbons (Fsp3) is 0.375. The van der Waals surface area contributed by atoms with Crippen molar-refractivity contribution < 1.29 is 14.3 Å². The number of piperidine rings is 1. The highest BCUT2D eigenvalue weighted by molar-refractivity contribution is 5.94. The van der Waals surface area contributed by atoms with Crippen LogP contribution in [0.3, 0.4) is 0 Å². The molecule has 1 fully saturated rings. The van der Waals surface area contributed by atoms with Gasteiger partial charge >= 0.3 is 0 Å². The number of carbonyl (C=O) groups excluding carboxylic acids is 2. The molecule has 0 bridgehead atoms. The number of imidazole rings is 1. The van der Waals surface area contributed by atoms with E-state index in [0.29, 0.717) is 49.9 Å². The van der Waals surface area contributed by atoms with Crippen molar-refractivity contribution in [2.24, 2.45) is 0 Å². The number of likely N-dealkylation sites (tertiary alicyclic amines) is 1. The third-order valence-electron chi connectivity index (χ3n) is 6.13. The lowest BCUT2D eigenvalue weighted by molar-refractivity contribution is -0.117. The van der Waals surface area contributed by atoms with E-state index in [1.54, 1.807) is 19.3 Å². The van der Waals surface area contributed by atoms with Crippen molar-refractivity contribution in [3.8, 4) is 5.88 Å². The number of Topliss-reactive ketones (excluding diaryl/α,β-unsaturated/α-hetero) is 1. The Morgan fingerprint density at radius 3 is 2.70 bits per heavy atom. The summed E-state index contributed by atoms with van der Waals surface area (Å²) < 4.78 is 6.24. The number of H-pyrrole nitrogens is 1. The number of hydrogen-bond donors (Lipinski definition) is 2. The fourth-order valence-corrected chi connectivity index (χ4v) is 4.33. The van der Waals surface area contributed by atoms with Crippen molar-refractivity contribution in [1.82, 2.24) is 30.2 Å². The molecule has 9 nitrogen and oxygen atoms in total. The number of para-hydroxylation sites is 2. The number of ketones is 1. The molecule has 0 spiro atoms. The van der Waals surface area contributed by atoms with Crippen LogP contribution in [-0.4, -0.2) is 68.3 Å². The summed E-state index contributed by atoms with van der Waals surface area (Å²) >= 11 is 0. The number of nitrogens with zero attached hydrogens (tertiary/aromatic N) is 4. The van der Waals surface area contributed by atoms with E-state index in [1.807, 2.05) is 35.2 Å². The number of nitrogens with one attached hydrogen (secondary N) is 2. The molecule has 9 heteroatoms. The number of rotatable bonds is 5. The summed E-state index contributed by atoms with van der Waals surface area (Å²) in [6.45, 7) is 3.43. The Kier molecular flexibility index (Phi) is 5.87. The Bertz CT molecular complexity index is 1180. The molecule has 1 aromatic carbocycles. The molecule has 1 amide bonds. The van der Waals surface area contributed by atoms with E-state index in [2.05, 4.69) is 25.3 Å². The zero-order valence-corrected chi connectivity index (χ0v) is 18.5. The van der Waals surface area contributed by atoms with E-state index in [0.717, 1.165) is 23.0 Å².